The Hall–Kier alpha value is -1.51. The predicted molar refractivity (Wildman–Crippen MR) is 80.9 cm³/mol. The van der Waals surface area contributed by atoms with Gasteiger partial charge in [0.05, 0.1) is 0 Å². The minimum absolute atomic E-state index is 0.143. The van der Waals surface area contributed by atoms with Gasteiger partial charge in [0, 0.05) is 19.0 Å². The minimum Gasteiger partial charge on any atom is -0.480 e. The van der Waals surface area contributed by atoms with E-state index in [9.17, 15) is 4.79 Å². The van der Waals surface area contributed by atoms with Crippen molar-refractivity contribution in [2.45, 2.75) is 58.6 Å². The number of nitrogens with zero attached hydrogens (tertiary/aromatic N) is 1. The van der Waals surface area contributed by atoms with Crippen molar-refractivity contribution < 1.29 is 9.53 Å². The van der Waals surface area contributed by atoms with E-state index in [1.54, 1.807) is 0 Å². The van der Waals surface area contributed by atoms with Gasteiger partial charge < -0.3 is 9.64 Å². The standard InChI is InChI=1S/C17H25NO2/c1-4-6-11-18(13(3)5-2)17(19)16-12-14-9-7-8-10-15(14)20-16/h7-10,13,16H,4-6,11-12H2,1-3H3. The van der Waals surface area contributed by atoms with Crippen LogP contribution in [0.3, 0.4) is 0 Å². The number of amides is 1. The van der Waals surface area contributed by atoms with E-state index in [0.717, 1.165) is 37.1 Å². The Morgan fingerprint density at radius 2 is 2.15 bits per heavy atom. The van der Waals surface area contributed by atoms with Gasteiger partial charge in [0.1, 0.15) is 5.75 Å². The molecule has 1 aromatic carbocycles. The molecule has 0 bridgehead atoms. The number of ether oxygens (including phenoxy) is 1. The maximum atomic E-state index is 12.7. The summed E-state index contributed by atoms with van der Waals surface area (Å²) in [5, 5.41) is 0. The number of unbranched alkanes of at least 4 members (excludes halogenated alkanes) is 1. The molecule has 0 radical (unpaired) electrons. The fourth-order valence-corrected chi connectivity index (χ4v) is 2.60. The minimum atomic E-state index is -0.335. The summed E-state index contributed by atoms with van der Waals surface area (Å²) in [6, 6.07) is 8.22. The second kappa shape index (κ2) is 6.78. The monoisotopic (exact) mass is 275 g/mol. The molecular formula is C17H25NO2. The lowest BCUT2D eigenvalue weighted by atomic mass is 10.1. The summed E-state index contributed by atoms with van der Waals surface area (Å²) in [6.45, 7) is 7.23. The van der Waals surface area contributed by atoms with Gasteiger partial charge in [-0.2, -0.15) is 0 Å². The Balaban J connectivity index is 2.06. The first kappa shape index (κ1) is 14.9. The number of carbonyl (C=O) groups excluding carboxylic acids is 1. The molecule has 1 aromatic rings. The van der Waals surface area contributed by atoms with Crippen LogP contribution in [0.4, 0.5) is 0 Å². The lowest BCUT2D eigenvalue weighted by molar-refractivity contribution is -0.140. The molecular weight excluding hydrogens is 250 g/mol. The van der Waals surface area contributed by atoms with E-state index in [2.05, 4.69) is 20.8 Å². The number of benzene rings is 1. The summed E-state index contributed by atoms with van der Waals surface area (Å²) in [5.74, 6) is 1.01. The lowest BCUT2D eigenvalue weighted by Crippen LogP contribution is -2.46. The molecule has 1 heterocycles. The van der Waals surface area contributed by atoms with Crippen LogP contribution >= 0.6 is 0 Å². The second-order valence-corrected chi connectivity index (χ2v) is 5.56. The average Bonchev–Trinajstić information content (AvgIpc) is 2.90. The third-order valence-corrected chi connectivity index (χ3v) is 4.08. The molecule has 3 heteroatoms. The SMILES string of the molecule is CCCCN(C(=O)C1Cc2ccccc2O1)C(C)CC. The van der Waals surface area contributed by atoms with Crippen molar-refractivity contribution in [3.63, 3.8) is 0 Å². The Labute approximate surface area is 121 Å². The molecule has 0 saturated carbocycles. The van der Waals surface area contributed by atoms with Crippen molar-refractivity contribution in [1.29, 1.82) is 0 Å². The van der Waals surface area contributed by atoms with E-state index in [1.807, 2.05) is 29.2 Å². The number of rotatable bonds is 6. The number of fused-ring (bicyclic) bond motifs is 1. The summed E-state index contributed by atoms with van der Waals surface area (Å²) in [6.07, 6.45) is 3.50. The summed E-state index contributed by atoms with van der Waals surface area (Å²) in [7, 11) is 0. The molecule has 3 nitrogen and oxygen atoms in total. The molecule has 20 heavy (non-hydrogen) atoms. The molecule has 1 aliphatic heterocycles. The van der Waals surface area contributed by atoms with Crippen LogP contribution in [0.1, 0.15) is 45.6 Å². The summed E-state index contributed by atoms with van der Waals surface area (Å²) < 4.78 is 5.83. The maximum absolute atomic E-state index is 12.7. The highest BCUT2D eigenvalue weighted by molar-refractivity contribution is 5.83. The number of para-hydroxylation sites is 1. The lowest BCUT2D eigenvalue weighted by Gasteiger charge is -2.30. The van der Waals surface area contributed by atoms with Crippen LogP contribution in [0.25, 0.3) is 0 Å². The number of carbonyl (C=O) groups is 1. The molecule has 110 valence electrons. The molecule has 0 fully saturated rings. The third-order valence-electron chi connectivity index (χ3n) is 4.08. The quantitative estimate of drug-likeness (QED) is 0.796. The molecule has 0 spiro atoms. The van der Waals surface area contributed by atoms with Crippen LogP contribution in [0, 0.1) is 0 Å². The zero-order valence-corrected chi connectivity index (χ0v) is 12.8. The zero-order chi connectivity index (χ0) is 14.5. The smallest absolute Gasteiger partial charge is 0.264 e. The van der Waals surface area contributed by atoms with Crippen molar-refractivity contribution in [3.8, 4) is 5.75 Å². The van der Waals surface area contributed by atoms with Crippen molar-refractivity contribution in [1.82, 2.24) is 4.90 Å². The van der Waals surface area contributed by atoms with Crippen LogP contribution in [0.15, 0.2) is 24.3 Å². The highest BCUT2D eigenvalue weighted by Gasteiger charge is 2.33. The molecule has 2 rings (SSSR count). The molecule has 2 atom stereocenters. The van der Waals surface area contributed by atoms with Crippen LogP contribution in [-0.4, -0.2) is 29.5 Å². The van der Waals surface area contributed by atoms with Crippen LogP contribution in [-0.2, 0) is 11.2 Å². The zero-order valence-electron chi connectivity index (χ0n) is 12.8. The van der Waals surface area contributed by atoms with Crippen molar-refractivity contribution in [2.24, 2.45) is 0 Å². The Bertz CT molecular complexity index is 433. The summed E-state index contributed by atoms with van der Waals surface area (Å²) in [5.41, 5.74) is 1.14. The number of hydrogen-bond donors (Lipinski definition) is 0. The topological polar surface area (TPSA) is 29.5 Å². The Morgan fingerprint density at radius 1 is 1.40 bits per heavy atom. The third kappa shape index (κ3) is 3.14. The fourth-order valence-electron chi connectivity index (χ4n) is 2.60. The normalized spacial score (nSPS) is 18.2. The first-order chi connectivity index (χ1) is 9.67. The van der Waals surface area contributed by atoms with Crippen LogP contribution in [0.5, 0.6) is 5.75 Å². The van der Waals surface area contributed by atoms with Crippen molar-refractivity contribution in [2.75, 3.05) is 6.54 Å². The van der Waals surface area contributed by atoms with Gasteiger partial charge in [0.15, 0.2) is 6.10 Å². The molecule has 1 amide bonds. The fraction of sp³-hybridized carbons (Fsp3) is 0.588. The van der Waals surface area contributed by atoms with Crippen LogP contribution < -0.4 is 4.74 Å². The van der Waals surface area contributed by atoms with E-state index in [-0.39, 0.29) is 18.1 Å². The highest BCUT2D eigenvalue weighted by Crippen LogP contribution is 2.29. The van der Waals surface area contributed by atoms with E-state index in [0.29, 0.717) is 6.42 Å². The molecule has 0 saturated heterocycles. The van der Waals surface area contributed by atoms with E-state index < -0.39 is 0 Å². The van der Waals surface area contributed by atoms with Gasteiger partial charge in [-0.3, -0.25) is 4.79 Å². The number of hydrogen-bond acceptors (Lipinski definition) is 2. The van der Waals surface area contributed by atoms with E-state index in [4.69, 9.17) is 4.74 Å². The predicted octanol–water partition coefficient (Wildman–Crippen LogP) is 3.42. The van der Waals surface area contributed by atoms with Crippen LogP contribution in [0.2, 0.25) is 0 Å². The van der Waals surface area contributed by atoms with Gasteiger partial charge in [-0.25, -0.2) is 0 Å². The maximum Gasteiger partial charge on any atom is 0.264 e. The molecule has 0 N–H and O–H groups in total. The highest BCUT2D eigenvalue weighted by atomic mass is 16.5. The van der Waals surface area contributed by atoms with Gasteiger partial charge in [0.2, 0.25) is 0 Å². The van der Waals surface area contributed by atoms with E-state index >= 15 is 0 Å². The summed E-state index contributed by atoms with van der Waals surface area (Å²) >= 11 is 0. The molecule has 1 aliphatic rings. The van der Waals surface area contributed by atoms with Crippen molar-refractivity contribution in [3.05, 3.63) is 29.8 Å². The molecule has 0 aliphatic carbocycles. The largest absolute Gasteiger partial charge is 0.480 e. The summed E-state index contributed by atoms with van der Waals surface area (Å²) in [4.78, 5) is 14.7. The van der Waals surface area contributed by atoms with Crippen molar-refractivity contribution >= 4 is 5.91 Å². The Kier molecular flexibility index (Phi) is 5.05. The van der Waals surface area contributed by atoms with E-state index in [1.165, 1.54) is 0 Å². The van der Waals surface area contributed by atoms with Gasteiger partial charge in [0.25, 0.3) is 5.91 Å². The van der Waals surface area contributed by atoms with Gasteiger partial charge in [-0.05, 0) is 31.4 Å². The molecule has 0 aromatic heterocycles. The Morgan fingerprint density at radius 3 is 2.80 bits per heavy atom. The second-order valence-electron chi connectivity index (χ2n) is 5.56. The van der Waals surface area contributed by atoms with Gasteiger partial charge >= 0.3 is 0 Å². The molecule has 2 unspecified atom stereocenters. The average molecular weight is 275 g/mol. The van der Waals surface area contributed by atoms with Gasteiger partial charge in [-0.15, -0.1) is 0 Å². The first-order valence-electron chi connectivity index (χ1n) is 7.72. The first-order valence-corrected chi connectivity index (χ1v) is 7.72. The van der Waals surface area contributed by atoms with Gasteiger partial charge in [-0.1, -0.05) is 38.5 Å².